The highest BCUT2D eigenvalue weighted by Crippen LogP contribution is 2.33. The highest BCUT2D eigenvalue weighted by molar-refractivity contribution is 7.09. The van der Waals surface area contributed by atoms with Crippen LogP contribution in [0.15, 0.2) is 64.5 Å². The standard InChI is InChI=1S/C23H19N3O4S/c27-23(24-12-18-13-31-22(25-18)10-15-4-2-1-3-5-15)21-11-17(26-30-21)8-16-6-7-19-20(9-16)29-14-28-19/h1-7,9,11,13H,8,10,12,14H2,(H,24,27). The van der Waals surface area contributed by atoms with Crippen LogP contribution >= 0.6 is 11.3 Å². The van der Waals surface area contributed by atoms with Crippen LogP contribution in [0.25, 0.3) is 0 Å². The fourth-order valence-electron chi connectivity index (χ4n) is 3.30. The molecule has 0 aliphatic carbocycles. The van der Waals surface area contributed by atoms with Gasteiger partial charge in [0, 0.05) is 24.3 Å². The Morgan fingerprint density at radius 1 is 0.968 bits per heavy atom. The number of aromatic nitrogens is 2. The molecule has 1 amide bonds. The second kappa shape index (κ2) is 8.61. The minimum absolute atomic E-state index is 0.176. The van der Waals surface area contributed by atoms with Gasteiger partial charge < -0.3 is 19.3 Å². The number of fused-ring (bicyclic) bond motifs is 1. The van der Waals surface area contributed by atoms with Crippen LogP contribution in [0.5, 0.6) is 11.5 Å². The first-order chi connectivity index (χ1) is 15.2. The molecule has 1 aliphatic rings. The maximum Gasteiger partial charge on any atom is 0.290 e. The van der Waals surface area contributed by atoms with Gasteiger partial charge in [0.05, 0.1) is 22.9 Å². The van der Waals surface area contributed by atoms with E-state index in [1.165, 1.54) is 5.56 Å². The normalized spacial score (nSPS) is 12.1. The van der Waals surface area contributed by atoms with Crippen LogP contribution in [0.3, 0.4) is 0 Å². The summed E-state index contributed by atoms with van der Waals surface area (Å²) in [6.45, 7) is 0.572. The van der Waals surface area contributed by atoms with Crippen LogP contribution in [0.2, 0.25) is 0 Å². The van der Waals surface area contributed by atoms with Crippen molar-refractivity contribution in [3.63, 3.8) is 0 Å². The van der Waals surface area contributed by atoms with Crippen molar-refractivity contribution in [2.75, 3.05) is 6.79 Å². The number of nitrogens with one attached hydrogen (secondary N) is 1. The quantitative estimate of drug-likeness (QED) is 0.475. The molecule has 0 unspecified atom stereocenters. The maximum atomic E-state index is 12.4. The van der Waals surface area contributed by atoms with Crippen molar-refractivity contribution in [3.8, 4) is 11.5 Å². The minimum atomic E-state index is -0.318. The van der Waals surface area contributed by atoms with Gasteiger partial charge in [0.1, 0.15) is 0 Å². The Bertz CT molecular complexity index is 1200. The Morgan fingerprint density at radius 2 is 1.84 bits per heavy atom. The molecule has 0 atom stereocenters. The molecule has 0 saturated heterocycles. The second-order valence-electron chi connectivity index (χ2n) is 7.12. The van der Waals surface area contributed by atoms with Crippen molar-refractivity contribution in [1.82, 2.24) is 15.5 Å². The van der Waals surface area contributed by atoms with Gasteiger partial charge in [-0.15, -0.1) is 11.3 Å². The van der Waals surface area contributed by atoms with E-state index in [1.54, 1.807) is 17.4 Å². The third-order valence-corrected chi connectivity index (χ3v) is 5.73. The molecule has 2 aromatic carbocycles. The summed E-state index contributed by atoms with van der Waals surface area (Å²) in [4.78, 5) is 17.0. The summed E-state index contributed by atoms with van der Waals surface area (Å²) < 4.78 is 15.9. The molecule has 0 spiro atoms. The fourth-order valence-corrected chi connectivity index (χ4v) is 4.13. The van der Waals surface area contributed by atoms with Crippen molar-refractivity contribution in [3.05, 3.63) is 93.3 Å². The molecule has 156 valence electrons. The van der Waals surface area contributed by atoms with Crippen molar-refractivity contribution in [2.45, 2.75) is 19.4 Å². The average Bonchev–Trinajstić information content (AvgIpc) is 3.54. The summed E-state index contributed by atoms with van der Waals surface area (Å²) >= 11 is 1.59. The highest BCUT2D eigenvalue weighted by Gasteiger charge is 2.16. The van der Waals surface area contributed by atoms with E-state index in [2.05, 4.69) is 27.6 Å². The van der Waals surface area contributed by atoms with Crippen LogP contribution < -0.4 is 14.8 Å². The first-order valence-electron chi connectivity index (χ1n) is 9.82. The summed E-state index contributed by atoms with van der Waals surface area (Å²) in [5, 5.41) is 9.83. The number of benzene rings is 2. The molecule has 1 aliphatic heterocycles. The molecule has 4 aromatic rings. The van der Waals surface area contributed by atoms with E-state index in [0.29, 0.717) is 24.4 Å². The molecule has 0 saturated carbocycles. The average molecular weight is 433 g/mol. The van der Waals surface area contributed by atoms with E-state index >= 15 is 0 Å². The van der Waals surface area contributed by atoms with E-state index in [1.807, 2.05) is 41.8 Å². The zero-order chi connectivity index (χ0) is 21.0. The predicted molar refractivity (Wildman–Crippen MR) is 114 cm³/mol. The summed E-state index contributed by atoms with van der Waals surface area (Å²) in [5.41, 5.74) is 3.70. The predicted octanol–water partition coefficient (Wildman–Crippen LogP) is 3.97. The fraction of sp³-hybridized carbons (Fsp3) is 0.174. The van der Waals surface area contributed by atoms with Crippen LogP contribution in [-0.2, 0) is 19.4 Å². The summed E-state index contributed by atoms with van der Waals surface area (Å²) in [7, 11) is 0. The Balaban J connectivity index is 1.16. The number of amides is 1. The molecular formula is C23H19N3O4S. The van der Waals surface area contributed by atoms with Gasteiger partial charge in [0.15, 0.2) is 11.5 Å². The van der Waals surface area contributed by atoms with Gasteiger partial charge in [-0.3, -0.25) is 4.79 Å². The summed E-state index contributed by atoms with van der Waals surface area (Å²) in [6.07, 6.45) is 1.31. The van der Waals surface area contributed by atoms with Crippen LogP contribution in [0.4, 0.5) is 0 Å². The number of ether oxygens (including phenoxy) is 2. The van der Waals surface area contributed by atoms with Gasteiger partial charge in [-0.25, -0.2) is 4.98 Å². The topological polar surface area (TPSA) is 86.5 Å². The SMILES string of the molecule is O=C(NCc1csc(Cc2ccccc2)n1)c1cc(Cc2ccc3c(c2)OCO3)no1. The molecule has 0 radical (unpaired) electrons. The maximum absolute atomic E-state index is 12.4. The number of hydrogen-bond acceptors (Lipinski definition) is 7. The van der Waals surface area contributed by atoms with Crippen molar-refractivity contribution >= 4 is 17.2 Å². The lowest BCUT2D eigenvalue weighted by Crippen LogP contribution is -2.22. The molecule has 0 bridgehead atoms. The molecule has 3 heterocycles. The number of carbonyl (C=O) groups excluding carboxylic acids is 1. The van der Waals surface area contributed by atoms with Crippen LogP contribution in [-0.4, -0.2) is 22.8 Å². The lowest BCUT2D eigenvalue weighted by Gasteiger charge is -2.00. The number of thiazole rings is 1. The second-order valence-corrected chi connectivity index (χ2v) is 8.07. The smallest absolute Gasteiger partial charge is 0.290 e. The molecule has 0 fully saturated rings. The van der Waals surface area contributed by atoms with Gasteiger partial charge in [-0.1, -0.05) is 41.6 Å². The van der Waals surface area contributed by atoms with Crippen LogP contribution in [0.1, 0.15) is 38.1 Å². The van der Waals surface area contributed by atoms with Gasteiger partial charge in [0.2, 0.25) is 12.6 Å². The minimum Gasteiger partial charge on any atom is -0.454 e. The Hall–Kier alpha value is -3.65. The van der Waals surface area contributed by atoms with Gasteiger partial charge in [-0.05, 0) is 23.3 Å². The van der Waals surface area contributed by atoms with Crippen molar-refractivity contribution in [1.29, 1.82) is 0 Å². The first-order valence-corrected chi connectivity index (χ1v) is 10.7. The lowest BCUT2D eigenvalue weighted by molar-refractivity contribution is 0.0913. The number of rotatable bonds is 7. The molecule has 1 N–H and O–H groups in total. The van der Waals surface area contributed by atoms with Crippen molar-refractivity contribution < 1.29 is 18.8 Å². The summed E-state index contributed by atoms with van der Waals surface area (Å²) in [5.74, 6) is 1.31. The van der Waals surface area contributed by atoms with E-state index in [-0.39, 0.29) is 18.5 Å². The monoisotopic (exact) mass is 433 g/mol. The molecule has 7 nitrogen and oxygen atoms in total. The molecule has 2 aromatic heterocycles. The van der Waals surface area contributed by atoms with E-state index < -0.39 is 0 Å². The Kier molecular flexibility index (Phi) is 5.37. The third kappa shape index (κ3) is 4.59. The highest BCUT2D eigenvalue weighted by atomic mass is 32.1. The first kappa shape index (κ1) is 19.3. The van der Waals surface area contributed by atoms with E-state index in [0.717, 1.165) is 28.4 Å². The zero-order valence-electron chi connectivity index (χ0n) is 16.5. The molecule has 8 heteroatoms. The van der Waals surface area contributed by atoms with Gasteiger partial charge in [0.25, 0.3) is 5.91 Å². The molecular weight excluding hydrogens is 414 g/mol. The lowest BCUT2D eigenvalue weighted by atomic mass is 10.1. The van der Waals surface area contributed by atoms with Gasteiger partial charge in [-0.2, -0.15) is 0 Å². The Labute approximate surface area is 182 Å². The number of carbonyl (C=O) groups is 1. The molecule has 5 rings (SSSR count). The van der Waals surface area contributed by atoms with Crippen molar-refractivity contribution in [2.24, 2.45) is 0 Å². The molecule has 31 heavy (non-hydrogen) atoms. The van der Waals surface area contributed by atoms with E-state index in [9.17, 15) is 4.79 Å². The van der Waals surface area contributed by atoms with Crippen LogP contribution in [0, 0.1) is 0 Å². The Morgan fingerprint density at radius 3 is 2.74 bits per heavy atom. The van der Waals surface area contributed by atoms with Gasteiger partial charge >= 0.3 is 0 Å². The van der Waals surface area contributed by atoms with E-state index in [4.69, 9.17) is 14.0 Å². The zero-order valence-corrected chi connectivity index (χ0v) is 17.4. The summed E-state index contributed by atoms with van der Waals surface area (Å²) in [6, 6.07) is 17.6. The third-order valence-electron chi connectivity index (χ3n) is 4.83. The number of nitrogens with zero attached hydrogens (tertiary/aromatic N) is 2. The largest absolute Gasteiger partial charge is 0.454 e. The number of hydrogen-bond donors (Lipinski definition) is 1.